The van der Waals surface area contributed by atoms with E-state index < -0.39 is 11.9 Å². The van der Waals surface area contributed by atoms with Crippen LogP contribution in [0.1, 0.15) is 36.1 Å². The van der Waals surface area contributed by atoms with Crippen LogP contribution in [0.2, 0.25) is 5.02 Å². The predicted octanol–water partition coefficient (Wildman–Crippen LogP) is 4.86. The van der Waals surface area contributed by atoms with Gasteiger partial charge < -0.3 is 10.5 Å². The minimum absolute atomic E-state index is 0.0489. The summed E-state index contributed by atoms with van der Waals surface area (Å²) < 4.78 is 20.1. The molecule has 2 N–H and O–H groups in total. The number of hydrogen-bond acceptors (Lipinski definition) is 3. The van der Waals surface area contributed by atoms with E-state index in [2.05, 4.69) is 6.07 Å². The van der Waals surface area contributed by atoms with Crippen molar-refractivity contribution in [1.82, 2.24) is 0 Å². The van der Waals surface area contributed by atoms with Gasteiger partial charge in [0.25, 0.3) is 0 Å². The first-order valence-corrected chi connectivity index (χ1v) is 7.27. The first-order chi connectivity index (χ1) is 10.5. The van der Waals surface area contributed by atoms with Crippen molar-refractivity contribution < 1.29 is 9.13 Å². The van der Waals surface area contributed by atoms with E-state index >= 15 is 0 Å². The van der Waals surface area contributed by atoms with E-state index in [0.29, 0.717) is 23.3 Å². The summed E-state index contributed by atoms with van der Waals surface area (Å²) in [6.45, 7) is 3.66. The maximum Gasteiger partial charge on any atom is 0.181 e. The number of benzene rings is 2. The molecule has 114 valence electrons. The maximum atomic E-state index is 14.6. The van der Waals surface area contributed by atoms with E-state index in [0.717, 1.165) is 5.56 Å². The first-order valence-electron chi connectivity index (χ1n) is 6.90. The largest absolute Gasteiger partial charge is 0.453 e. The highest BCUT2D eigenvalue weighted by Crippen LogP contribution is 2.36. The summed E-state index contributed by atoms with van der Waals surface area (Å²) in [5, 5.41) is 9.10. The van der Waals surface area contributed by atoms with Crippen LogP contribution in [0.3, 0.4) is 0 Å². The molecule has 0 amide bonds. The summed E-state index contributed by atoms with van der Waals surface area (Å²) in [5.41, 5.74) is 7.55. The lowest BCUT2D eigenvalue weighted by Crippen LogP contribution is -2.11. The van der Waals surface area contributed by atoms with E-state index in [1.165, 1.54) is 0 Å². The second-order valence-electron chi connectivity index (χ2n) is 4.99. The Morgan fingerprint density at radius 1 is 1.36 bits per heavy atom. The summed E-state index contributed by atoms with van der Waals surface area (Å²) in [4.78, 5) is 0. The standard InChI is InChI=1S/C17H16ClFN2O/c1-3-15(21)13-6-7-14(18)17(16(13)19)22-12-5-4-11(9-20)10(2)8-12/h4-8,15H,3,21H2,1-2H3/t15-/m1/s1. The molecule has 0 unspecified atom stereocenters. The second-order valence-corrected chi connectivity index (χ2v) is 5.39. The molecule has 0 fully saturated rings. The van der Waals surface area contributed by atoms with Crippen molar-refractivity contribution in [3.63, 3.8) is 0 Å². The average molecular weight is 319 g/mol. The molecule has 0 saturated carbocycles. The van der Waals surface area contributed by atoms with Crippen LogP contribution in [0.4, 0.5) is 4.39 Å². The van der Waals surface area contributed by atoms with Crippen LogP contribution in [-0.2, 0) is 0 Å². The van der Waals surface area contributed by atoms with Crippen molar-refractivity contribution in [2.75, 3.05) is 0 Å². The van der Waals surface area contributed by atoms with Gasteiger partial charge in [0.1, 0.15) is 5.75 Å². The molecule has 2 rings (SSSR count). The van der Waals surface area contributed by atoms with Gasteiger partial charge in [0, 0.05) is 11.6 Å². The Labute approximate surface area is 134 Å². The molecule has 0 bridgehead atoms. The molecule has 2 aromatic carbocycles. The first kappa shape index (κ1) is 16.3. The predicted molar refractivity (Wildman–Crippen MR) is 84.6 cm³/mol. The van der Waals surface area contributed by atoms with Gasteiger partial charge in [-0.2, -0.15) is 5.26 Å². The summed E-state index contributed by atoms with van der Waals surface area (Å²) >= 11 is 6.04. The number of nitrogens with two attached hydrogens (primary N) is 1. The van der Waals surface area contributed by atoms with Crippen molar-refractivity contribution >= 4 is 11.6 Å². The molecular formula is C17H16ClFN2O. The van der Waals surface area contributed by atoms with Gasteiger partial charge >= 0.3 is 0 Å². The van der Waals surface area contributed by atoms with Gasteiger partial charge in [0.15, 0.2) is 11.6 Å². The highest BCUT2D eigenvalue weighted by Gasteiger charge is 2.18. The monoisotopic (exact) mass is 318 g/mol. The molecule has 2 aromatic rings. The Hall–Kier alpha value is -2.09. The molecule has 5 heteroatoms. The molecule has 0 saturated heterocycles. The number of aryl methyl sites for hydroxylation is 1. The molecule has 0 aliphatic heterocycles. The van der Waals surface area contributed by atoms with Crippen molar-refractivity contribution in [2.45, 2.75) is 26.3 Å². The Morgan fingerprint density at radius 2 is 2.09 bits per heavy atom. The molecule has 0 spiro atoms. The van der Waals surface area contributed by atoms with Gasteiger partial charge in [-0.3, -0.25) is 0 Å². The third-order valence-corrected chi connectivity index (χ3v) is 3.75. The fourth-order valence-corrected chi connectivity index (χ4v) is 2.28. The van der Waals surface area contributed by atoms with Crippen molar-refractivity contribution in [1.29, 1.82) is 5.26 Å². The van der Waals surface area contributed by atoms with E-state index in [1.54, 1.807) is 37.3 Å². The number of nitrogens with zero attached hydrogens (tertiary/aromatic N) is 1. The number of nitriles is 1. The quantitative estimate of drug-likeness (QED) is 0.875. The van der Waals surface area contributed by atoms with E-state index in [9.17, 15) is 4.39 Å². The third kappa shape index (κ3) is 3.22. The van der Waals surface area contributed by atoms with Crippen molar-refractivity contribution in [2.24, 2.45) is 5.73 Å². The van der Waals surface area contributed by atoms with Crippen LogP contribution < -0.4 is 10.5 Å². The summed E-state index contributed by atoms with van der Waals surface area (Å²) in [7, 11) is 0. The normalized spacial score (nSPS) is 11.8. The van der Waals surface area contributed by atoms with Gasteiger partial charge in [0.2, 0.25) is 0 Å². The zero-order valence-electron chi connectivity index (χ0n) is 12.4. The number of halogens is 2. The van der Waals surface area contributed by atoms with Crippen LogP contribution >= 0.6 is 11.6 Å². The zero-order chi connectivity index (χ0) is 16.3. The molecule has 0 aromatic heterocycles. The second kappa shape index (κ2) is 6.78. The Balaban J connectivity index is 2.41. The van der Waals surface area contributed by atoms with Crippen LogP contribution in [0, 0.1) is 24.1 Å². The lowest BCUT2D eigenvalue weighted by molar-refractivity contribution is 0.434. The Morgan fingerprint density at radius 3 is 2.68 bits per heavy atom. The van der Waals surface area contributed by atoms with Crippen molar-refractivity contribution in [3.8, 4) is 17.6 Å². The number of hydrogen-bond donors (Lipinski definition) is 1. The van der Waals surface area contributed by atoms with Crippen LogP contribution in [0.15, 0.2) is 30.3 Å². The van der Waals surface area contributed by atoms with Gasteiger partial charge in [-0.25, -0.2) is 4.39 Å². The average Bonchev–Trinajstić information content (AvgIpc) is 2.51. The van der Waals surface area contributed by atoms with Gasteiger partial charge in [-0.1, -0.05) is 24.6 Å². The SMILES string of the molecule is CC[C@@H](N)c1ccc(Cl)c(Oc2ccc(C#N)c(C)c2)c1F. The Bertz CT molecular complexity index is 740. The van der Waals surface area contributed by atoms with Crippen LogP contribution in [-0.4, -0.2) is 0 Å². The fraction of sp³-hybridized carbons (Fsp3) is 0.235. The summed E-state index contributed by atoms with van der Waals surface area (Å²) in [6, 6.07) is 9.69. The molecule has 0 radical (unpaired) electrons. The molecule has 0 aliphatic carbocycles. The van der Waals surface area contributed by atoms with E-state index in [1.807, 2.05) is 6.92 Å². The smallest absolute Gasteiger partial charge is 0.181 e. The molecule has 0 heterocycles. The highest BCUT2D eigenvalue weighted by atomic mass is 35.5. The van der Waals surface area contributed by atoms with Crippen molar-refractivity contribution in [3.05, 3.63) is 57.9 Å². The topological polar surface area (TPSA) is 59.0 Å². The fourth-order valence-electron chi connectivity index (χ4n) is 2.09. The van der Waals surface area contributed by atoms with E-state index in [-0.39, 0.29) is 10.8 Å². The third-order valence-electron chi connectivity index (χ3n) is 3.46. The highest BCUT2D eigenvalue weighted by molar-refractivity contribution is 6.32. The maximum absolute atomic E-state index is 14.6. The minimum atomic E-state index is -0.552. The van der Waals surface area contributed by atoms with Gasteiger partial charge in [0.05, 0.1) is 16.7 Å². The molecule has 1 atom stereocenters. The minimum Gasteiger partial charge on any atom is -0.453 e. The molecule has 22 heavy (non-hydrogen) atoms. The lowest BCUT2D eigenvalue weighted by Gasteiger charge is -2.15. The number of rotatable bonds is 4. The Kier molecular flexibility index (Phi) is 5.02. The molecular weight excluding hydrogens is 303 g/mol. The van der Waals surface area contributed by atoms with Gasteiger partial charge in [-0.05, 0) is 43.2 Å². The van der Waals surface area contributed by atoms with Crippen LogP contribution in [0.25, 0.3) is 0 Å². The summed E-state index contributed by atoms with van der Waals surface area (Å²) in [6.07, 6.45) is 0.605. The molecule has 3 nitrogen and oxygen atoms in total. The lowest BCUT2D eigenvalue weighted by atomic mass is 10.0. The number of ether oxygens (including phenoxy) is 1. The van der Waals surface area contributed by atoms with Crippen LogP contribution in [0.5, 0.6) is 11.5 Å². The zero-order valence-corrected chi connectivity index (χ0v) is 13.1. The van der Waals surface area contributed by atoms with Gasteiger partial charge in [-0.15, -0.1) is 0 Å². The summed E-state index contributed by atoms with van der Waals surface area (Å²) in [5.74, 6) is -0.185. The van der Waals surface area contributed by atoms with E-state index in [4.69, 9.17) is 27.3 Å². The molecule has 0 aliphatic rings.